The number of rotatable bonds is 7. The van der Waals surface area contributed by atoms with E-state index in [1.54, 1.807) is 21.0 Å². The van der Waals surface area contributed by atoms with Gasteiger partial charge in [-0.25, -0.2) is 4.79 Å². The van der Waals surface area contributed by atoms with E-state index in [9.17, 15) is 14.7 Å². The summed E-state index contributed by atoms with van der Waals surface area (Å²) >= 11 is 0. The highest BCUT2D eigenvalue weighted by atomic mass is 16.5. The molecule has 0 heterocycles. The number of nitrogens with one attached hydrogen (secondary N) is 1. The summed E-state index contributed by atoms with van der Waals surface area (Å²) in [6, 6.07) is 7.48. The van der Waals surface area contributed by atoms with Crippen molar-refractivity contribution in [3.8, 4) is 5.75 Å². The molecule has 0 aliphatic heterocycles. The molecule has 1 rings (SSSR count). The molecular formula is C16H23NO4. The molecule has 5 nitrogen and oxygen atoms in total. The van der Waals surface area contributed by atoms with Gasteiger partial charge in [-0.05, 0) is 37.5 Å². The van der Waals surface area contributed by atoms with Crippen LogP contribution in [-0.4, -0.2) is 29.6 Å². The van der Waals surface area contributed by atoms with Gasteiger partial charge in [-0.2, -0.15) is 0 Å². The maximum Gasteiger partial charge on any atom is 0.329 e. The van der Waals surface area contributed by atoms with Crippen molar-refractivity contribution in [2.75, 3.05) is 7.11 Å². The van der Waals surface area contributed by atoms with E-state index in [0.717, 1.165) is 11.3 Å². The van der Waals surface area contributed by atoms with Gasteiger partial charge in [0.15, 0.2) is 0 Å². The molecule has 0 saturated carbocycles. The summed E-state index contributed by atoms with van der Waals surface area (Å²) in [5.41, 5.74) is -0.211. The summed E-state index contributed by atoms with van der Waals surface area (Å²) in [5, 5.41) is 11.8. The predicted molar refractivity (Wildman–Crippen MR) is 80.3 cm³/mol. The van der Waals surface area contributed by atoms with Crippen LogP contribution in [0.2, 0.25) is 0 Å². The van der Waals surface area contributed by atoms with Gasteiger partial charge in [0.1, 0.15) is 11.3 Å². The van der Waals surface area contributed by atoms with Gasteiger partial charge < -0.3 is 15.2 Å². The van der Waals surface area contributed by atoms with Crippen molar-refractivity contribution in [3.63, 3.8) is 0 Å². The maximum absolute atomic E-state index is 12.2. The number of ether oxygens (including phenoxy) is 1. The second-order valence-electron chi connectivity index (χ2n) is 5.43. The molecule has 0 radical (unpaired) electrons. The molecule has 1 amide bonds. The standard InChI is InChI=1S/C16H23NO4/c1-5-16(3,15(19)20)17-14(18)11(2)10-12-6-8-13(21-4)9-7-12/h6-9,11H,5,10H2,1-4H3,(H,17,18)(H,19,20). The minimum Gasteiger partial charge on any atom is -0.497 e. The normalized spacial score (nSPS) is 14.9. The fraction of sp³-hybridized carbons (Fsp3) is 0.500. The average molecular weight is 293 g/mol. The van der Waals surface area contributed by atoms with Crippen LogP contribution < -0.4 is 10.1 Å². The molecule has 116 valence electrons. The Morgan fingerprint density at radius 1 is 1.33 bits per heavy atom. The van der Waals surface area contributed by atoms with Crippen LogP contribution in [0.5, 0.6) is 5.75 Å². The second-order valence-corrected chi connectivity index (χ2v) is 5.43. The summed E-state index contributed by atoms with van der Waals surface area (Å²) in [4.78, 5) is 23.4. The van der Waals surface area contributed by atoms with Crippen molar-refractivity contribution in [2.45, 2.75) is 39.2 Å². The van der Waals surface area contributed by atoms with E-state index in [4.69, 9.17) is 4.74 Å². The number of carbonyl (C=O) groups excluding carboxylic acids is 1. The summed E-state index contributed by atoms with van der Waals surface area (Å²) < 4.78 is 5.08. The van der Waals surface area contributed by atoms with Gasteiger partial charge in [0, 0.05) is 5.92 Å². The molecule has 2 N–H and O–H groups in total. The van der Waals surface area contributed by atoms with E-state index in [1.165, 1.54) is 6.92 Å². The monoisotopic (exact) mass is 293 g/mol. The van der Waals surface area contributed by atoms with Crippen LogP contribution in [-0.2, 0) is 16.0 Å². The summed E-state index contributed by atoms with van der Waals surface area (Å²) in [5.74, 6) is -0.809. The first-order valence-electron chi connectivity index (χ1n) is 7.00. The number of hydrogen-bond acceptors (Lipinski definition) is 3. The van der Waals surface area contributed by atoms with E-state index in [1.807, 2.05) is 24.3 Å². The average Bonchev–Trinajstić information content (AvgIpc) is 2.47. The lowest BCUT2D eigenvalue weighted by atomic mass is 9.95. The lowest BCUT2D eigenvalue weighted by Gasteiger charge is -2.26. The first-order valence-corrected chi connectivity index (χ1v) is 7.00. The number of methoxy groups -OCH3 is 1. The van der Waals surface area contributed by atoms with Gasteiger partial charge in [-0.3, -0.25) is 4.79 Å². The highest BCUT2D eigenvalue weighted by Crippen LogP contribution is 2.16. The largest absolute Gasteiger partial charge is 0.497 e. The molecule has 0 saturated heterocycles. The number of hydrogen-bond donors (Lipinski definition) is 2. The summed E-state index contributed by atoms with van der Waals surface area (Å²) in [6.07, 6.45) is 0.887. The Morgan fingerprint density at radius 3 is 2.33 bits per heavy atom. The molecule has 0 fully saturated rings. The topological polar surface area (TPSA) is 75.6 Å². The molecular weight excluding hydrogens is 270 g/mol. The van der Waals surface area contributed by atoms with Gasteiger partial charge in [0.2, 0.25) is 5.91 Å². The number of aliphatic carboxylic acids is 1. The summed E-state index contributed by atoms with van der Waals surface area (Å²) in [7, 11) is 1.60. The SMILES string of the molecule is CCC(C)(NC(=O)C(C)Cc1ccc(OC)cc1)C(=O)O. The predicted octanol–water partition coefficient (Wildman–Crippen LogP) is 2.24. The Balaban J connectivity index is 2.67. The number of carbonyl (C=O) groups is 2. The molecule has 2 unspecified atom stereocenters. The molecule has 21 heavy (non-hydrogen) atoms. The quantitative estimate of drug-likeness (QED) is 0.808. The Kier molecular flexibility index (Phi) is 5.76. The van der Waals surface area contributed by atoms with Gasteiger partial charge in [-0.15, -0.1) is 0 Å². The highest BCUT2D eigenvalue weighted by Gasteiger charge is 2.33. The zero-order chi connectivity index (χ0) is 16.0. The number of carboxylic acids is 1. The third-order valence-corrected chi connectivity index (χ3v) is 3.73. The fourth-order valence-electron chi connectivity index (χ4n) is 1.90. The third kappa shape index (κ3) is 4.48. The maximum atomic E-state index is 12.2. The van der Waals surface area contributed by atoms with Crippen LogP contribution in [0, 0.1) is 5.92 Å². The van der Waals surface area contributed by atoms with Crippen LogP contribution in [0.4, 0.5) is 0 Å². The molecule has 0 spiro atoms. The van der Waals surface area contributed by atoms with Gasteiger partial charge in [0.05, 0.1) is 7.11 Å². The van der Waals surface area contributed by atoms with E-state index in [2.05, 4.69) is 5.32 Å². The van der Waals surface area contributed by atoms with Crippen molar-refractivity contribution in [3.05, 3.63) is 29.8 Å². The van der Waals surface area contributed by atoms with E-state index in [0.29, 0.717) is 12.8 Å². The molecule has 2 atom stereocenters. The van der Waals surface area contributed by atoms with Crippen molar-refractivity contribution in [1.82, 2.24) is 5.32 Å². The molecule has 0 aliphatic carbocycles. The van der Waals surface area contributed by atoms with Crippen LogP contribution in [0.15, 0.2) is 24.3 Å². The number of amides is 1. The highest BCUT2D eigenvalue weighted by molar-refractivity contribution is 5.87. The lowest BCUT2D eigenvalue weighted by molar-refractivity contribution is -0.147. The van der Waals surface area contributed by atoms with Crippen molar-refractivity contribution < 1.29 is 19.4 Å². The molecule has 0 aliphatic rings. The number of benzene rings is 1. The smallest absolute Gasteiger partial charge is 0.329 e. The fourth-order valence-corrected chi connectivity index (χ4v) is 1.90. The van der Waals surface area contributed by atoms with E-state index >= 15 is 0 Å². The van der Waals surface area contributed by atoms with Crippen LogP contribution >= 0.6 is 0 Å². The van der Waals surface area contributed by atoms with Crippen molar-refractivity contribution >= 4 is 11.9 Å². The zero-order valence-corrected chi connectivity index (χ0v) is 13.0. The molecule has 0 aromatic heterocycles. The molecule has 5 heteroatoms. The first kappa shape index (κ1) is 17.0. The second kappa shape index (κ2) is 7.11. The molecule has 1 aromatic rings. The Labute approximate surface area is 125 Å². The minimum atomic E-state index is -1.22. The van der Waals surface area contributed by atoms with E-state index in [-0.39, 0.29) is 11.8 Å². The van der Waals surface area contributed by atoms with Crippen molar-refractivity contribution in [2.24, 2.45) is 5.92 Å². The number of carboxylic acid groups (broad SMARTS) is 1. The van der Waals surface area contributed by atoms with Gasteiger partial charge in [-0.1, -0.05) is 26.0 Å². The minimum absolute atomic E-state index is 0.252. The van der Waals surface area contributed by atoms with Gasteiger partial charge >= 0.3 is 5.97 Å². The first-order chi connectivity index (χ1) is 9.82. The molecule has 0 bridgehead atoms. The van der Waals surface area contributed by atoms with Crippen molar-refractivity contribution in [1.29, 1.82) is 0 Å². The van der Waals surface area contributed by atoms with Crippen LogP contribution in [0.3, 0.4) is 0 Å². The van der Waals surface area contributed by atoms with Gasteiger partial charge in [0.25, 0.3) is 0 Å². The Hall–Kier alpha value is -2.04. The zero-order valence-electron chi connectivity index (χ0n) is 13.0. The Morgan fingerprint density at radius 2 is 1.90 bits per heavy atom. The summed E-state index contributed by atoms with van der Waals surface area (Å²) in [6.45, 7) is 5.05. The van der Waals surface area contributed by atoms with Crippen LogP contribution in [0.1, 0.15) is 32.8 Å². The van der Waals surface area contributed by atoms with Crippen LogP contribution in [0.25, 0.3) is 0 Å². The lowest BCUT2D eigenvalue weighted by Crippen LogP contribution is -2.53. The molecule has 1 aromatic carbocycles. The van der Waals surface area contributed by atoms with E-state index < -0.39 is 11.5 Å². The third-order valence-electron chi connectivity index (χ3n) is 3.73. The Bertz CT molecular complexity index is 498.